The second-order valence-electron chi connectivity index (χ2n) is 5.41. The molecule has 0 bridgehead atoms. The number of hydrogen-bond acceptors (Lipinski definition) is 7. The summed E-state index contributed by atoms with van der Waals surface area (Å²) >= 11 is 8.14. The summed E-state index contributed by atoms with van der Waals surface area (Å²) in [6, 6.07) is 0.257. The van der Waals surface area contributed by atoms with Crippen LogP contribution in [0.1, 0.15) is 10.8 Å². The average Bonchev–Trinajstić information content (AvgIpc) is 3.04. The topological polar surface area (TPSA) is 141 Å². The Hall–Kier alpha value is -1.60. The van der Waals surface area contributed by atoms with Gasteiger partial charge in [-0.3, -0.25) is 19.0 Å². The third-order valence-electron chi connectivity index (χ3n) is 3.80. The first-order chi connectivity index (χ1) is 12.1. The molecule has 140 valence electrons. The minimum atomic E-state index is -4.76. The molecule has 0 aromatic carbocycles. The number of carbonyl (C=O) groups excluding carboxylic acids is 2. The van der Waals surface area contributed by atoms with Crippen LogP contribution in [-0.4, -0.2) is 57.9 Å². The van der Waals surface area contributed by atoms with E-state index in [1.54, 1.807) is 5.38 Å². The molecule has 3 atom stereocenters. The number of carbonyl (C=O) groups is 3. The normalized spacial score (nSPS) is 23.9. The van der Waals surface area contributed by atoms with Gasteiger partial charge in [-0.1, -0.05) is 11.6 Å². The van der Waals surface area contributed by atoms with E-state index in [0.29, 0.717) is 0 Å². The molecular formula is C13H11ClN2O7S3. The number of thiophene rings is 1. The Morgan fingerprint density at radius 3 is 2.65 bits per heavy atom. The predicted molar refractivity (Wildman–Crippen MR) is 94.1 cm³/mol. The van der Waals surface area contributed by atoms with Gasteiger partial charge in [0.1, 0.15) is 17.1 Å². The first kappa shape index (κ1) is 19.2. The molecule has 0 saturated carbocycles. The van der Waals surface area contributed by atoms with Crippen molar-refractivity contribution in [2.75, 3.05) is 5.75 Å². The first-order valence-corrected chi connectivity index (χ1v) is 10.9. The van der Waals surface area contributed by atoms with E-state index in [9.17, 15) is 32.5 Å². The van der Waals surface area contributed by atoms with Gasteiger partial charge in [-0.05, 0) is 22.4 Å². The molecule has 3 rings (SSSR count). The van der Waals surface area contributed by atoms with Gasteiger partial charge in [0.2, 0.25) is 5.91 Å². The molecule has 2 aliphatic rings. The standard InChI is InChI=1S/C13H11ClN2O7S3/c14-6-4-25-12-7(11(18)16(12)8(6)13(19)20)15-10(17)9(26(21,22)23)5-1-2-24-3-5/h1-3,7,9,12H,4H2,(H,15,17)(H,19,20)(H,21,22,23)/t7?,9?,12-/m1/s1. The van der Waals surface area contributed by atoms with Gasteiger partial charge < -0.3 is 10.4 Å². The van der Waals surface area contributed by atoms with Crippen LogP contribution in [0, 0.1) is 0 Å². The molecule has 3 heterocycles. The van der Waals surface area contributed by atoms with Crippen molar-refractivity contribution >= 4 is 62.6 Å². The Balaban J connectivity index is 1.81. The Kier molecular flexibility index (Phi) is 5.05. The quantitative estimate of drug-likeness (QED) is 0.448. The number of amides is 2. The average molecular weight is 439 g/mol. The predicted octanol–water partition coefficient (Wildman–Crippen LogP) is 0.612. The highest BCUT2D eigenvalue weighted by atomic mass is 35.5. The van der Waals surface area contributed by atoms with E-state index in [2.05, 4.69) is 5.32 Å². The van der Waals surface area contributed by atoms with Crippen molar-refractivity contribution < 1.29 is 32.5 Å². The van der Waals surface area contributed by atoms with Gasteiger partial charge in [0, 0.05) is 5.75 Å². The fraction of sp³-hybridized carbons (Fsp3) is 0.308. The molecular weight excluding hydrogens is 428 g/mol. The van der Waals surface area contributed by atoms with E-state index in [1.165, 1.54) is 11.4 Å². The summed E-state index contributed by atoms with van der Waals surface area (Å²) in [6.07, 6.45) is 0. The van der Waals surface area contributed by atoms with Crippen LogP contribution in [0.3, 0.4) is 0 Å². The van der Waals surface area contributed by atoms with Crippen molar-refractivity contribution in [3.63, 3.8) is 0 Å². The highest BCUT2D eigenvalue weighted by Gasteiger charge is 2.55. The molecule has 0 spiro atoms. The number of thioether (sulfide) groups is 1. The summed E-state index contributed by atoms with van der Waals surface area (Å²) in [5.74, 6) is -3.02. The molecule has 3 N–H and O–H groups in total. The van der Waals surface area contributed by atoms with Crippen molar-refractivity contribution in [2.45, 2.75) is 16.7 Å². The lowest BCUT2D eigenvalue weighted by Crippen LogP contribution is -2.70. The van der Waals surface area contributed by atoms with E-state index in [4.69, 9.17) is 11.6 Å². The molecule has 0 radical (unpaired) electrons. The third-order valence-corrected chi connectivity index (χ3v) is 7.34. The van der Waals surface area contributed by atoms with Crippen molar-refractivity contribution in [2.24, 2.45) is 0 Å². The number of nitrogens with one attached hydrogen (secondary N) is 1. The molecule has 2 amide bonds. The lowest BCUT2D eigenvalue weighted by molar-refractivity contribution is -0.150. The minimum Gasteiger partial charge on any atom is -0.477 e. The zero-order valence-corrected chi connectivity index (χ0v) is 15.9. The molecule has 1 fully saturated rings. The summed E-state index contributed by atoms with van der Waals surface area (Å²) < 4.78 is 32.6. The summed E-state index contributed by atoms with van der Waals surface area (Å²) in [7, 11) is -4.76. The number of nitrogens with zero attached hydrogens (tertiary/aromatic N) is 1. The van der Waals surface area contributed by atoms with Crippen LogP contribution in [0.25, 0.3) is 0 Å². The SMILES string of the molecule is O=C(O)C1=C(Cl)CS[C@@H]2C(NC(=O)C(c3ccsc3)S(=O)(=O)O)C(=O)N12. The fourth-order valence-electron chi connectivity index (χ4n) is 2.69. The molecule has 1 aromatic heterocycles. The zero-order chi connectivity index (χ0) is 19.2. The molecule has 0 aliphatic carbocycles. The van der Waals surface area contributed by atoms with Crippen LogP contribution < -0.4 is 5.32 Å². The molecule has 13 heteroatoms. The van der Waals surface area contributed by atoms with Crippen molar-refractivity contribution in [3.05, 3.63) is 33.1 Å². The largest absolute Gasteiger partial charge is 0.477 e. The Morgan fingerprint density at radius 2 is 2.12 bits per heavy atom. The molecule has 26 heavy (non-hydrogen) atoms. The Labute approximate surface area is 160 Å². The molecule has 1 saturated heterocycles. The van der Waals surface area contributed by atoms with Gasteiger partial charge in [-0.25, -0.2) is 4.79 Å². The van der Waals surface area contributed by atoms with Gasteiger partial charge in [0.05, 0.1) is 5.03 Å². The van der Waals surface area contributed by atoms with Crippen molar-refractivity contribution in [1.29, 1.82) is 0 Å². The summed E-state index contributed by atoms with van der Waals surface area (Å²) in [5, 5.41) is 11.8. The number of fused-ring (bicyclic) bond motifs is 1. The van der Waals surface area contributed by atoms with Crippen LogP contribution in [0.15, 0.2) is 27.6 Å². The van der Waals surface area contributed by atoms with Gasteiger partial charge in [0.25, 0.3) is 16.0 Å². The number of carboxylic acids is 1. The third kappa shape index (κ3) is 3.22. The van der Waals surface area contributed by atoms with E-state index in [1.807, 2.05) is 0 Å². The van der Waals surface area contributed by atoms with Crippen LogP contribution in [0.4, 0.5) is 0 Å². The number of rotatable bonds is 5. The fourth-order valence-corrected chi connectivity index (χ4v) is 5.85. The minimum absolute atomic E-state index is 0.00552. The lowest BCUT2D eigenvalue weighted by atomic mass is 10.0. The van der Waals surface area contributed by atoms with Gasteiger partial charge in [-0.15, -0.1) is 11.8 Å². The maximum absolute atomic E-state index is 12.4. The van der Waals surface area contributed by atoms with E-state index >= 15 is 0 Å². The van der Waals surface area contributed by atoms with E-state index in [0.717, 1.165) is 28.0 Å². The first-order valence-electron chi connectivity index (χ1n) is 6.98. The van der Waals surface area contributed by atoms with Crippen molar-refractivity contribution in [3.8, 4) is 0 Å². The lowest BCUT2D eigenvalue weighted by Gasteiger charge is -2.48. The highest BCUT2D eigenvalue weighted by Crippen LogP contribution is 2.41. The maximum Gasteiger partial charge on any atom is 0.353 e. The summed E-state index contributed by atoms with van der Waals surface area (Å²) in [4.78, 5) is 36.9. The number of aliphatic carboxylic acids is 1. The molecule has 1 aromatic rings. The Morgan fingerprint density at radius 1 is 1.42 bits per heavy atom. The van der Waals surface area contributed by atoms with Gasteiger partial charge >= 0.3 is 5.97 Å². The van der Waals surface area contributed by atoms with Crippen LogP contribution in [0.2, 0.25) is 0 Å². The number of halogens is 1. The second-order valence-corrected chi connectivity index (χ2v) is 9.25. The maximum atomic E-state index is 12.4. The highest BCUT2D eigenvalue weighted by molar-refractivity contribution is 8.00. The van der Waals surface area contributed by atoms with Crippen LogP contribution in [-0.2, 0) is 24.5 Å². The van der Waals surface area contributed by atoms with E-state index in [-0.39, 0.29) is 22.0 Å². The van der Waals surface area contributed by atoms with Crippen LogP contribution in [0.5, 0.6) is 0 Å². The van der Waals surface area contributed by atoms with E-state index < -0.39 is 44.6 Å². The number of carboxylic acid groups (broad SMARTS) is 1. The smallest absolute Gasteiger partial charge is 0.353 e. The van der Waals surface area contributed by atoms with Crippen molar-refractivity contribution in [1.82, 2.24) is 10.2 Å². The van der Waals surface area contributed by atoms with Gasteiger partial charge in [-0.2, -0.15) is 19.8 Å². The summed E-state index contributed by atoms with van der Waals surface area (Å²) in [5.41, 5.74) is -0.279. The second kappa shape index (κ2) is 6.85. The zero-order valence-electron chi connectivity index (χ0n) is 12.7. The summed E-state index contributed by atoms with van der Waals surface area (Å²) in [6.45, 7) is 0. The monoisotopic (exact) mass is 438 g/mol. The Bertz CT molecular complexity index is 912. The molecule has 2 unspecified atom stereocenters. The van der Waals surface area contributed by atoms with Crippen LogP contribution >= 0.6 is 34.7 Å². The molecule has 9 nitrogen and oxygen atoms in total. The van der Waals surface area contributed by atoms with Gasteiger partial charge in [0.15, 0.2) is 5.25 Å². The molecule has 2 aliphatic heterocycles. The number of β-lactam (4-membered cyclic amide) rings is 1. The number of hydrogen-bond donors (Lipinski definition) is 3.